The molecule has 0 aromatic heterocycles. The maximum Gasteiger partial charge on any atom is 0.191 e. The van der Waals surface area contributed by atoms with Crippen LogP contribution in [0.5, 0.6) is 0 Å². The maximum atomic E-state index is 13.2. The summed E-state index contributed by atoms with van der Waals surface area (Å²) in [6.45, 7) is 11.1. The fourth-order valence-electron chi connectivity index (χ4n) is 2.96. The summed E-state index contributed by atoms with van der Waals surface area (Å²) in [6, 6.07) is 7.20. The van der Waals surface area contributed by atoms with Crippen LogP contribution in [0.1, 0.15) is 19.4 Å². The van der Waals surface area contributed by atoms with Crippen molar-refractivity contribution in [2.45, 2.75) is 26.3 Å². The van der Waals surface area contributed by atoms with Crippen molar-refractivity contribution in [3.63, 3.8) is 0 Å². The molecule has 5 nitrogen and oxygen atoms in total. The Kier molecular flexibility index (Phi) is 8.15. The lowest BCUT2D eigenvalue weighted by atomic mass is 10.1. The van der Waals surface area contributed by atoms with E-state index in [1.807, 2.05) is 6.07 Å². The van der Waals surface area contributed by atoms with Crippen molar-refractivity contribution in [2.24, 2.45) is 4.99 Å². The summed E-state index contributed by atoms with van der Waals surface area (Å²) in [5, 5.41) is 6.63. The molecule has 1 fully saturated rings. The van der Waals surface area contributed by atoms with Crippen LogP contribution in [0.15, 0.2) is 29.3 Å². The van der Waals surface area contributed by atoms with Gasteiger partial charge in [0.2, 0.25) is 0 Å². The summed E-state index contributed by atoms with van der Waals surface area (Å²) >= 11 is 0. The van der Waals surface area contributed by atoms with Gasteiger partial charge in [-0.3, -0.25) is 9.89 Å². The number of rotatable bonds is 7. The van der Waals surface area contributed by atoms with E-state index in [9.17, 15) is 4.39 Å². The van der Waals surface area contributed by atoms with Crippen molar-refractivity contribution >= 4 is 5.96 Å². The molecule has 0 aliphatic carbocycles. The Labute approximate surface area is 151 Å². The molecule has 0 amide bonds. The first-order chi connectivity index (χ1) is 12.1. The summed E-state index contributed by atoms with van der Waals surface area (Å²) in [7, 11) is 2.17. The fourth-order valence-corrected chi connectivity index (χ4v) is 2.96. The Morgan fingerprint density at radius 3 is 2.68 bits per heavy atom. The number of piperazine rings is 1. The van der Waals surface area contributed by atoms with Gasteiger partial charge < -0.3 is 15.5 Å². The minimum absolute atomic E-state index is 0.181. The van der Waals surface area contributed by atoms with Crippen molar-refractivity contribution in [3.8, 4) is 0 Å². The van der Waals surface area contributed by atoms with Crippen LogP contribution in [0.2, 0.25) is 0 Å². The largest absolute Gasteiger partial charge is 0.357 e. The van der Waals surface area contributed by atoms with E-state index in [1.165, 1.54) is 6.07 Å². The lowest BCUT2D eigenvalue weighted by Crippen LogP contribution is -2.49. The monoisotopic (exact) mass is 349 g/mol. The van der Waals surface area contributed by atoms with Gasteiger partial charge in [-0.15, -0.1) is 0 Å². The number of hydrogen-bond acceptors (Lipinski definition) is 3. The second-order valence-corrected chi connectivity index (χ2v) is 6.71. The third-order valence-corrected chi connectivity index (χ3v) is 4.61. The Bertz CT molecular complexity index is 540. The highest BCUT2D eigenvalue weighted by Crippen LogP contribution is 2.05. The second-order valence-electron chi connectivity index (χ2n) is 6.71. The molecule has 1 aliphatic heterocycles. The van der Waals surface area contributed by atoms with E-state index < -0.39 is 0 Å². The highest BCUT2D eigenvalue weighted by Gasteiger charge is 2.18. The molecule has 1 aliphatic rings. The number of guanidine groups is 1. The number of likely N-dealkylation sites (N-methyl/N-ethyl adjacent to an activating group) is 1. The Morgan fingerprint density at radius 2 is 2.00 bits per heavy atom. The maximum absolute atomic E-state index is 13.2. The van der Waals surface area contributed by atoms with Crippen molar-refractivity contribution in [1.82, 2.24) is 20.4 Å². The highest BCUT2D eigenvalue weighted by atomic mass is 19.1. The molecular formula is C19H32FN5. The minimum atomic E-state index is -0.181. The number of hydrogen-bond donors (Lipinski definition) is 2. The van der Waals surface area contributed by atoms with Gasteiger partial charge >= 0.3 is 0 Å². The Hall–Kier alpha value is -1.66. The van der Waals surface area contributed by atoms with Gasteiger partial charge in [-0.2, -0.15) is 0 Å². The molecular weight excluding hydrogens is 317 g/mol. The van der Waals surface area contributed by atoms with E-state index in [2.05, 4.69) is 41.3 Å². The van der Waals surface area contributed by atoms with Gasteiger partial charge in [0.05, 0.1) is 6.54 Å². The van der Waals surface area contributed by atoms with E-state index in [0.29, 0.717) is 6.04 Å². The van der Waals surface area contributed by atoms with Crippen LogP contribution in [-0.2, 0) is 6.42 Å². The average Bonchev–Trinajstić information content (AvgIpc) is 2.60. The zero-order chi connectivity index (χ0) is 18.1. The number of halogens is 1. The lowest BCUT2D eigenvalue weighted by Gasteiger charge is -2.35. The second kappa shape index (κ2) is 10.4. The molecule has 2 rings (SSSR count). The van der Waals surface area contributed by atoms with Crippen LogP contribution < -0.4 is 10.6 Å². The van der Waals surface area contributed by atoms with Gasteiger partial charge in [-0.25, -0.2) is 4.39 Å². The Balaban J connectivity index is 1.79. The quantitative estimate of drug-likeness (QED) is 0.579. The summed E-state index contributed by atoms with van der Waals surface area (Å²) < 4.78 is 13.2. The first-order valence-electron chi connectivity index (χ1n) is 9.27. The highest BCUT2D eigenvalue weighted by molar-refractivity contribution is 5.79. The van der Waals surface area contributed by atoms with Crippen LogP contribution in [0, 0.1) is 5.82 Å². The molecule has 0 spiro atoms. The Morgan fingerprint density at radius 1 is 1.24 bits per heavy atom. The number of nitrogens with zero attached hydrogens (tertiary/aromatic N) is 3. The smallest absolute Gasteiger partial charge is 0.191 e. The van der Waals surface area contributed by atoms with E-state index in [0.717, 1.165) is 63.8 Å². The third-order valence-electron chi connectivity index (χ3n) is 4.61. The summed E-state index contributed by atoms with van der Waals surface area (Å²) in [5.74, 6) is 0.652. The predicted octanol–water partition coefficient (Wildman–Crippen LogP) is 1.56. The van der Waals surface area contributed by atoms with Crippen LogP contribution in [0.25, 0.3) is 0 Å². The van der Waals surface area contributed by atoms with Crippen molar-refractivity contribution in [2.75, 3.05) is 52.9 Å². The molecule has 140 valence electrons. The van der Waals surface area contributed by atoms with Gasteiger partial charge in [-0.1, -0.05) is 12.1 Å². The molecule has 1 unspecified atom stereocenters. The van der Waals surface area contributed by atoms with E-state index in [-0.39, 0.29) is 5.82 Å². The first kappa shape index (κ1) is 19.7. The molecule has 0 bridgehead atoms. The van der Waals surface area contributed by atoms with Gasteiger partial charge in [0.1, 0.15) is 5.82 Å². The summed E-state index contributed by atoms with van der Waals surface area (Å²) in [6.07, 6.45) is 0.774. The topological polar surface area (TPSA) is 42.9 Å². The summed E-state index contributed by atoms with van der Waals surface area (Å²) in [4.78, 5) is 9.59. The van der Waals surface area contributed by atoms with Gasteiger partial charge in [0.25, 0.3) is 0 Å². The molecule has 25 heavy (non-hydrogen) atoms. The van der Waals surface area contributed by atoms with Crippen LogP contribution in [0.3, 0.4) is 0 Å². The molecule has 6 heteroatoms. The molecule has 1 saturated heterocycles. The van der Waals surface area contributed by atoms with Crippen LogP contribution in [-0.4, -0.2) is 74.7 Å². The van der Waals surface area contributed by atoms with Gasteiger partial charge in [0, 0.05) is 45.3 Å². The van der Waals surface area contributed by atoms with Gasteiger partial charge in [-0.05, 0) is 45.0 Å². The van der Waals surface area contributed by atoms with Crippen molar-refractivity contribution in [1.29, 1.82) is 0 Å². The molecule has 1 aromatic rings. The van der Waals surface area contributed by atoms with E-state index in [1.54, 1.807) is 12.1 Å². The average molecular weight is 349 g/mol. The van der Waals surface area contributed by atoms with Crippen molar-refractivity contribution in [3.05, 3.63) is 35.6 Å². The molecule has 0 radical (unpaired) electrons. The first-order valence-corrected chi connectivity index (χ1v) is 9.27. The number of nitrogens with one attached hydrogen (secondary N) is 2. The standard InChI is InChI=1S/C19H32FN5/c1-4-21-19(22-9-8-17-6-5-7-18(20)14-17)23-15-16(2)25-12-10-24(3)11-13-25/h5-7,14,16H,4,8-13,15H2,1-3H3,(H2,21,22,23). The number of aliphatic imine (C=N–C) groups is 1. The zero-order valence-corrected chi connectivity index (χ0v) is 15.8. The lowest BCUT2D eigenvalue weighted by molar-refractivity contribution is 0.122. The predicted molar refractivity (Wildman–Crippen MR) is 103 cm³/mol. The molecule has 1 heterocycles. The SMILES string of the molecule is CCNC(=NCC(C)N1CCN(C)CC1)NCCc1cccc(F)c1. The molecule has 1 atom stereocenters. The molecule has 2 N–H and O–H groups in total. The van der Waals surface area contributed by atoms with E-state index in [4.69, 9.17) is 4.99 Å². The fraction of sp³-hybridized carbons (Fsp3) is 0.632. The molecule has 1 aromatic carbocycles. The number of benzene rings is 1. The third kappa shape index (κ3) is 7.00. The normalized spacial score (nSPS) is 18.2. The minimum Gasteiger partial charge on any atom is -0.357 e. The summed E-state index contributed by atoms with van der Waals surface area (Å²) in [5.41, 5.74) is 0.995. The molecule has 0 saturated carbocycles. The van der Waals surface area contributed by atoms with Crippen LogP contribution in [0.4, 0.5) is 4.39 Å². The van der Waals surface area contributed by atoms with E-state index >= 15 is 0 Å². The van der Waals surface area contributed by atoms with Crippen molar-refractivity contribution < 1.29 is 4.39 Å². The van der Waals surface area contributed by atoms with Crippen LogP contribution >= 0.6 is 0 Å². The van der Waals surface area contributed by atoms with Gasteiger partial charge in [0.15, 0.2) is 5.96 Å². The zero-order valence-electron chi connectivity index (χ0n) is 15.8.